The van der Waals surface area contributed by atoms with Crippen LogP contribution in [-0.4, -0.2) is 30.7 Å². The first-order valence-corrected chi connectivity index (χ1v) is 6.64. The second-order valence-electron chi connectivity index (χ2n) is 5.73. The van der Waals surface area contributed by atoms with Crippen molar-refractivity contribution in [2.24, 2.45) is 11.3 Å². The molecule has 1 heterocycles. The number of piperidine rings is 1. The number of hydrogen-bond donors (Lipinski definition) is 0. The van der Waals surface area contributed by atoms with Gasteiger partial charge < -0.3 is 4.90 Å². The van der Waals surface area contributed by atoms with E-state index in [-0.39, 0.29) is 6.54 Å². The molecule has 2 nitrogen and oxygen atoms in total. The van der Waals surface area contributed by atoms with Crippen LogP contribution < -0.4 is 0 Å². The predicted molar refractivity (Wildman–Crippen MR) is 61.7 cm³/mol. The lowest BCUT2D eigenvalue weighted by Crippen LogP contribution is -2.43. The Labute approximate surface area is 106 Å². The summed E-state index contributed by atoms with van der Waals surface area (Å²) >= 11 is 0. The van der Waals surface area contributed by atoms with Crippen LogP contribution in [0.2, 0.25) is 0 Å². The summed E-state index contributed by atoms with van der Waals surface area (Å²) in [6.45, 7) is 1.28. The second kappa shape index (κ2) is 5.08. The van der Waals surface area contributed by atoms with Gasteiger partial charge in [-0.25, -0.2) is 0 Å². The van der Waals surface area contributed by atoms with Crippen LogP contribution in [0.3, 0.4) is 0 Å². The Morgan fingerprint density at radius 1 is 1.11 bits per heavy atom. The van der Waals surface area contributed by atoms with Crippen molar-refractivity contribution in [1.82, 2.24) is 4.90 Å². The molecule has 1 unspecified atom stereocenters. The molecule has 2 rings (SSSR count). The fourth-order valence-corrected chi connectivity index (χ4v) is 3.31. The van der Waals surface area contributed by atoms with Gasteiger partial charge in [0.05, 0.1) is 6.07 Å². The maximum Gasteiger partial charge on any atom is 0.405 e. The predicted octanol–water partition coefficient (Wildman–Crippen LogP) is 3.34. The average molecular weight is 260 g/mol. The molecular weight excluding hydrogens is 241 g/mol. The molecule has 18 heavy (non-hydrogen) atoms. The number of nitriles is 1. The summed E-state index contributed by atoms with van der Waals surface area (Å²) in [6.07, 6.45) is 2.62. The first kappa shape index (κ1) is 13.7. The van der Waals surface area contributed by atoms with Crippen molar-refractivity contribution in [2.75, 3.05) is 19.6 Å². The van der Waals surface area contributed by atoms with Gasteiger partial charge in [0.15, 0.2) is 5.92 Å². The summed E-state index contributed by atoms with van der Waals surface area (Å²) in [5.74, 6) is -1.84. The van der Waals surface area contributed by atoms with Gasteiger partial charge >= 0.3 is 6.18 Å². The molecule has 5 heteroatoms. The molecule has 0 aromatic heterocycles. The van der Waals surface area contributed by atoms with Gasteiger partial charge in [0.25, 0.3) is 0 Å². The van der Waals surface area contributed by atoms with Crippen LogP contribution in [0.4, 0.5) is 13.2 Å². The lowest BCUT2D eigenvalue weighted by molar-refractivity contribution is -0.164. The standard InChI is InChI=1S/C13H19F3N2/c14-13(15,16)11(9-17)10-18-7-5-12(6-8-18)3-1-2-4-12/h11H,1-8,10H2. The Bertz CT molecular complexity index is 316. The fraction of sp³-hybridized carbons (Fsp3) is 0.923. The van der Waals surface area contributed by atoms with Crippen LogP contribution in [0.15, 0.2) is 0 Å². The Morgan fingerprint density at radius 2 is 1.67 bits per heavy atom. The van der Waals surface area contributed by atoms with E-state index in [1.807, 2.05) is 4.90 Å². The zero-order chi connectivity index (χ0) is 13.2. The molecule has 1 aliphatic heterocycles. The second-order valence-corrected chi connectivity index (χ2v) is 5.73. The SMILES string of the molecule is N#CC(CN1CCC2(CCCC2)CC1)C(F)(F)F. The molecule has 0 aromatic rings. The third-order valence-electron chi connectivity index (χ3n) is 4.57. The molecule has 0 aromatic carbocycles. The van der Waals surface area contributed by atoms with Crippen LogP contribution >= 0.6 is 0 Å². The lowest BCUT2D eigenvalue weighted by Gasteiger charge is -2.40. The molecule has 1 spiro atoms. The van der Waals surface area contributed by atoms with Crippen molar-refractivity contribution in [3.63, 3.8) is 0 Å². The third-order valence-corrected chi connectivity index (χ3v) is 4.57. The number of halogens is 3. The van der Waals surface area contributed by atoms with Gasteiger partial charge in [-0.2, -0.15) is 18.4 Å². The monoisotopic (exact) mass is 260 g/mol. The largest absolute Gasteiger partial charge is 0.405 e. The van der Waals surface area contributed by atoms with Gasteiger partial charge in [-0.3, -0.25) is 0 Å². The molecule has 0 bridgehead atoms. The minimum Gasteiger partial charge on any atom is -0.302 e. The molecule has 2 fully saturated rings. The van der Waals surface area contributed by atoms with E-state index in [9.17, 15) is 13.2 Å². The molecule has 2 aliphatic rings. The number of nitrogens with zero attached hydrogens (tertiary/aromatic N) is 2. The number of hydrogen-bond acceptors (Lipinski definition) is 2. The van der Waals surface area contributed by atoms with Crippen LogP contribution in [0.1, 0.15) is 38.5 Å². The van der Waals surface area contributed by atoms with Crippen LogP contribution in [0.5, 0.6) is 0 Å². The van der Waals surface area contributed by atoms with Gasteiger partial charge in [-0.05, 0) is 44.2 Å². The first-order valence-electron chi connectivity index (χ1n) is 6.64. The number of likely N-dealkylation sites (tertiary alicyclic amines) is 1. The topological polar surface area (TPSA) is 27.0 Å². The zero-order valence-corrected chi connectivity index (χ0v) is 10.5. The van der Waals surface area contributed by atoms with E-state index in [0.29, 0.717) is 18.5 Å². The van der Waals surface area contributed by atoms with Crippen molar-refractivity contribution < 1.29 is 13.2 Å². The molecule has 1 atom stereocenters. The van der Waals surface area contributed by atoms with Crippen molar-refractivity contribution in [2.45, 2.75) is 44.7 Å². The van der Waals surface area contributed by atoms with E-state index in [2.05, 4.69) is 0 Å². The number of rotatable bonds is 2. The van der Waals surface area contributed by atoms with Gasteiger partial charge in [0.2, 0.25) is 0 Å². The summed E-state index contributed by atoms with van der Waals surface area (Å²) in [6, 6.07) is 1.38. The molecule has 1 saturated heterocycles. The van der Waals surface area contributed by atoms with Gasteiger partial charge in [-0.1, -0.05) is 12.8 Å². The van der Waals surface area contributed by atoms with E-state index in [4.69, 9.17) is 5.26 Å². The van der Waals surface area contributed by atoms with E-state index < -0.39 is 12.1 Å². The van der Waals surface area contributed by atoms with Crippen molar-refractivity contribution in [1.29, 1.82) is 5.26 Å². The smallest absolute Gasteiger partial charge is 0.302 e. The molecule has 1 saturated carbocycles. The van der Waals surface area contributed by atoms with Gasteiger partial charge in [0, 0.05) is 6.54 Å². The van der Waals surface area contributed by atoms with Gasteiger partial charge in [0.1, 0.15) is 0 Å². The molecule has 0 amide bonds. The Morgan fingerprint density at radius 3 is 2.11 bits per heavy atom. The minimum absolute atomic E-state index is 0.157. The van der Waals surface area contributed by atoms with E-state index in [1.54, 1.807) is 0 Å². The molecule has 1 aliphatic carbocycles. The molecule has 0 N–H and O–H groups in total. The molecule has 0 radical (unpaired) electrons. The Balaban J connectivity index is 1.85. The Kier molecular flexibility index (Phi) is 3.86. The fourth-order valence-electron chi connectivity index (χ4n) is 3.31. The highest BCUT2D eigenvalue weighted by Gasteiger charge is 2.43. The van der Waals surface area contributed by atoms with Gasteiger partial charge in [-0.15, -0.1) is 0 Å². The van der Waals surface area contributed by atoms with E-state index >= 15 is 0 Å². The molecule has 102 valence electrons. The van der Waals surface area contributed by atoms with Crippen molar-refractivity contribution >= 4 is 0 Å². The lowest BCUT2D eigenvalue weighted by atomic mass is 9.77. The van der Waals surface area contributed by atoms with E-state index in [0.717, 1.165) is 12.8 Å². The highest BCUT2D eigenvalue weighted by Crippen LogP contribution is 2.46. The minimum atomic E-state index is -4.39. The zero-order valence-electron chi connectivity index (χ0n) is 10.5. The normalized spacial score (nSPS) is 26.1. The van der Waals surface area contributed by atoms with Crippen LogP contribution in [0.25, 0.3) is 0 Å². The van der Waals surface area contributed by atoms with Crippen LogP contribution in [-0.2, 0) is 0 Å². The first-order chi connectivity index (χ1) is 8.45. The van der Waals surface area contributed by atoms with E-state index in [1.165, 1.54) is 31.8 Å². The van der Waals surface area contributed by atoms with Crippen molar-refractivity contribution in [3.8, 4) is 6.07 Å². The summed E-state index contributed by atoms with van der Waals surface area (Å²) in [7, 11) is 0. The number of alkyl halides is 3. The summed E-state index contributed by atoms with van der Waals surface area (Å²) in [4.78, 5) is 1.81. The average Bonchev–Trinajstić information content (AvgIpc) is 2.75. The quantitative estimate of drug-likeness (QED) is 0.761. The Hall–Kier alpha value is -0.760. The molecular formula is C13H19F3N2. The third kappa shape index (κ3) is 2.97. The summed E-state index contributed by atoms with van der Waals surface area (Å²) < 4.78 is 37.6. The maximum atomic E-state index is 12.5. The van der Waals surface area contributed by atoms with Crippen molar-refractivity contribution in [3.05, 3.63) is 0 Å². The highest BCUT2D eigenvalue weighted by atomic mass is 19.4. The highest BCUT2D eigenvalue weighted by molar-refractivity contribution is 4.94. The summed E-state index contributed by atoms with van der Waals surface area (Å²) in [5.41, 5.74) is 0.414. The maximum absolute atomic E-state index is 12.5. The summed E-state index contributed by atoms with van der Waals surface area (Å²) in [5, 5.41) is 8.60. The van der Waals surface area contributed by atoms with Crippen LogP contribution in [0, 0.1) is 22.7 Å².